The fourth-order valence-corrected chi connectivity index (χ4v) is 3.84. The zero-order valence-corrected chi connectivity index (χ0v) is 16.6. The van der Waals surface area contributed by atoms with Crippen molar-refractivity contribution in [2.45, 2.75) is 18.9 Å². The molecule has 0 fully saturated rings. The van der Waals surface area contributed by atoms with Gasteiger partial charge in [-0.3, -0.25) is 4.99 Å². The molecular formula is C19H25BrN4O. The molecule has 2 aromatic rings. The number of rotatable bonds is 4. The van der Waals surface area contributed by atoms with Crippen molar-refractivity contribution in [3.8, 4) is 5.75 Å². The maximum absolute atomic E-state index is 5.75. The highest BCUT2D eigenvalue weighted by Crippen LogP contribution is 2.32. The summed E-state index contributed by atoms with van der Waals surface area (Å²) in [7, 11) is 5.95. The van der Waals surface area contributed by atoms with E-state index in [9.17, 15) is 0 Å². The highest BCUT2D eigenvalue weighted by atomic mass is 79.9. The number of hydrogen-bond acceptors (Lipinski definition) is 2. The average Bonchev–Trinajstić information content (AvgIpc) is 2.92. The first-order chi connectivity index (χ1) is 12.1. The number of nitrogens with zero attached hydrogens (tertiary/aromatic N) is 3. The van der Waals surface area contributed by atoms with Crippen LogP contribution in [0.15, 0.2) is 46.0 Å². The van der Waals surface area contributed by atoms with Gasteiger partial charge >= 0.3 is 0 Å². The van der Waals surface area contributed by atoms with Gasteiger partial charge in [0.2, 0.25) is 0 Å². The Bertz CT molecular complexity index is 756. The first kappa shape index (κ1) is 17.9. The van der Waals surface area contributed by atoms with Crippen LogP contribution in [0.5, 0.6) is 5.75 Å². The lowest BCUT2D eigenvalue weighted by Crippen LogP contribution is -2.41. The van der Waals surface area contributed by atoms with Gasteiger partial charge in [0.15, 0.2) is 5.96 Å². The van der Waals surface area contributed by atoms with Crippen molar-refractivity contribution in [2.24, 2.45) is 12.0 Å². The molecule has 0 spiro atoms. The van der Waals surface area contributed by atoms with Gasteiger partial charge in [-0.25, -0.2) is 0 Å². The van der Waals surface area contributed by atoms with E-state index in [1.165, 1.54) is 11.3 Å². The summed E-state index contributed by atoms with van der Waals surface area (Å²) in [5, 5.41) is 3.53. The number of hydrogen-bond donors (Lipinski definition) is 1. The summed E-state index contributed by atoms with van der Waals surface area (Å²) < 4.78 is 8.98. The summed E-state index contributed by atoms with van der Waals surface area (Å²) in [5.74, 6) is 2.36. The molecule has 0 radical (unpaired) electrons. The molecule has 3 rings (SSSR count). The van der Waals surface area contributed by atoms with Crippen LogP contribution in [0.1, 0.15) is 23.6 Å². The Balaban J connectivity index is 1.62. The molecule has 134 valence electrons. The van der Waals surface area contributed by atoms with Crippen molar-refractivity contribution in [2.75, 3.05) is 27.2 Å². The van der Waals surface area contributed by atoms with Crippen molar-refractivity contribution in [1.82, 2.24) is 14.8 Å². The van der Waals surface area contributed by atoms with E-state index in [0.29, 0.717) is 5.92 Å². The van der Waals surface area contributed by atoms with Crippen LogP contribution >= 0.6 is 15.9 Å². The second kappa shape index (κ2) is 7.95. The van der Waals surface area contributed by atoms with E-state index in [-0.39, 0.29) is 0 Å². The molecule has 0 saturated heterocycles. The molecular weight excluding hydrogens is 380 g/mol. The van der Waals surface area contributed by atoms with Gasteiger partial charge in [0.25, 0.3) is 0 Å². The molecule has 0 aliphatic carbocycles. The molecule has 1 aromatic carbocycles. The lowest BCUT2D eigenvalue weighted by atomic mass is 9.93. The summed E-state index contributed by atoms with van der Waals surface area (Å²) >= 11 is 3.53. The minimum absolute atomic E-state index is 0.444. The van der Waals surface area contributed by atoms with E-state index in [2.05, 4.69) is 80.3 Å². The van der Waals surface area contributed by atoms with Gasteiger partial charge in [0, 0.05) is 50.0 Å². The van der Waals surface area contributed by atoms with Crippen LogP contribution in [0.3, 0.4) is 0 Å². The fraction of sp³-hybridized carbons (Fsp3) is 0.421. The number of aryl methyl sites for hydroxylation is 1. The predicted molar refractivity (Wildman–Crippen MR) is 105 cm³/mol. The Morgan fingerprint density at radius 2 is 2.24 bits per heavy atom. The summed E-state index contributed by atoms with van der Waals surface area (Å²) in [6.45, 7) is 2.43. The largest absolute Gasteiger partial charge is 0.493 e. The number of benzene rings is 1. The number of nitrogens with one attached hydrogen (secondary N) is 1. The van der Waals surface area contributed by atoms with Crippen LogP contribution in [-0.4, -0.2) is 42.7 Å². The SMILES string of the molecule is CN=C(NCC1CCOc2ccccc21)N(C)Cc1cc(Br)cn1C. The first-order valence-corrected chi connectivity index (χ1v) is 9.32. The summed E-state index contributed by atoms with van der Waals surface area (Å²) in [4.78, 5) is 6.59. The van der Waals surface area contributed by atoms with Crippen molar-refractivity contribution < 1.29 is 4.74 Å². The molecule has 6 heteroatoms. The quantitative estimate of drug-likeness (QED) is 0.627. The Morgan fingerprint density at radius 3 is 2.96 bits per heavy atom. The van der Waals surface area contributed by atoms with Crippen molar-refractivity contribution in [3.63, 3.8) is 0 Å². The van der Waals surface area contributed by atoms with Gasteiger partial charge in [-0.15, -0.1) is 0 Å². The zero-order chi connectivity index (χ0) is 17.8. The highest BCUT2D eigenvalue weighted by Gasteiger charge is 2.21. The van der Waals surface area contributed by atoms with E-state index in [0.717, 1.165) is 42.3 Å². The monoisotopic (exact) mass is 404 g/mol. The molecule has 0 saturated carbocycles. The van der Waals surface area contributed by atoms with Crippen LogP contribution in [0, 0.1) is 0 Å². The van der Waals surface area contributed by atoms with Crippen molar-refractivity contribution in [3.05, 3.63) is 52.3 Å². The third kappa shape index (κ3) is 4.18. The van der Waals surface area contributed by atoms with Gasteiger partial charge in [-0.05, 0) is 40.0 Å². The molecule has 5 nitrogen and oxygen atoms in total. The molecule has 1 atom stereocenters. The predicted octanol–water partition coefficient (Wildman–Crippen LogP) is 3.36. The van der Waals surface area contributed by atoms with Gasteiger partial charge in [-0.2, -0.15) is 0 Å². The van der Waals surface area contributed by atoms with Crippen LogP contribution in [-0.2, 0) is 13.6 Å². The molecule has 1 aliphatic heterocycles. The Kier molecular flexibility index (Phi) is 5.68. The van der Waals surface area contributed by atoms with Crippen LogP contribution in [0.25, 0.3) is 0 Å². The van der Waals surface area contributed by atoms with Gasteiger partial charge in [0.1, 0.15) is 5.75 Å². The lowest BCUT2D eigenvalue weighted by Gasteiger charge is -2.28. The van der Waals surface area contributed by atoms with Crippen LogP contribution in [0.4, 0.5) is 0 Å². The average molecular weight is 405 g/mol. The van der Waals surface area contributed by atoms with E-state index in [1.807, 2.05) is 13.1 Å². The number of para-hydroxylation sites is 1. The van der Waals surface area contributed by atoms with Crippen molar-refractivity contribution in [1.29, 1.82) is 0 Å². The molecule has 0 bridgehead atoms. The molecule has 1 unspecified atom stereocenters. The normalized spacial score (nSPS) is 17.0. The summed E-state index contributed by atoms with van der Waals surface area (Å²) in [6, 6.07) is 10.5. The first-order valence-electron chi connectivity index (χ1n) is 8.52. The smallest absolute Gasteiger partial charge is 0.193 e. The minimum atomic E-state index is 0.444. The molecule has 0 amide bonds. The third-order valence-corrected chi connectivity index (χ3v) is 5.07. The van der Waals surface area contributed by atoms with Gasteiger partial charge in [-0.1, -0.05) is 18.2 Å². The van der Waals surface area contributed by atoms with Crippen molar-refractivity contribution >= 4 is 21.9 Å². The van der Waals surface area contributed by atoms with E-state index < -0.39 is 0 Å². The lowest BCUT2D eigenvalue weighted by molar-refractivity contribution is 0.266. The maximum Gasteiger partial charge on any atom is 0.193 e. The molecule has 1 aliphatic rings. The van der Waals surface area contributed by atoms with E-state index in [1.54, 1.807) is 0 Å². The highest BCUT2D eigenvalue weighted by molar-refractivity contribution is 9.10. The second-order valence-electron chi connectivity index (χ2n) is 6.42. The number of aromatic nitrogens is 1. The Morgan fingerprint density at radius 1 is 1.44 bits per heavy atom. The fourth-order valence-electron chi connectivity index (χ4n) is 3.27. The van der Waals surface area contributed by atoms with Gasteiger partial charge in [0.05, 0.1) is 13.2 Å². The molecule has 1 aromatic heterocycles. The second-order valence-corrected chi connectivity index (χ2v) is 7.33. The maximum atomic E-state index is 5.75. The molecule has 1 N–H and O–H groups in total. The zero-order valence-electron chi connectivity index (χ0n) is 15.0. The Labute approximate surface area is 157 Å². The van der Waals surface area contributed by atoms with E-state index >= 15 is 0 Å². The standard InChI is InChI=1S/C19H25BrN4O/c1-21-19(24(3)13-16-10-15(20)12-23(16)2)22-11-14-8-9-25-18-7-5-4-6-17(14)18/h4-7,10,12,14H,8-9,11,13H2,1-3H3,(H,21,22). The third-order valence-electron chi connectivity index (χ3n) is 4.64. The molecule has 2 heterocycles. The molecule has 25 heavy (non-hydrogen) atoms. The summed E-state index contributed by atoms with van der Waals surface area (Å²) in [5.41, 5.74) is 2.51. The van der Waals surface area contributed by atoms with Crippen LogP contribution < -0.4 is 10.1 Å². The van der Waals surface area contributed by atoms with E-state index in [4.69, 9.17) is 4.74 Å². The number of guanidine groups is 1. The van der Waals surface area contributed by atoms with Gasteiger partial charge < -0.3 is 19.5 Å². The number of fused-ring (bicyclic) bond motifs is 1. The summed E-state index contributed by atoms with van der Waals surface area (Å²) in [6.07, 6.45) is 3.09. The van der Waals surface area contributed by atoms with Crippen LogP contribution in [0.2, 0.25) is 0 Å². The number of halogens is 1. The Hall–Kier alpha value is -1.95. The number of aliphatic imine (C=N–C) groups is 1. The minimum Gasteiger partial charge on any atom is -0.493 e. The number of ether oxygens (including phenoxy) is 1. The topological polar surface area (TPSA) is 41.8 Å².